The van der Waals surface area contributed by atoms with Crippen LogP contribution in [-0.4, -0.2) is 36.0 Å². The van der Waals surface area contributed by atoms with Gasteiger partial charge in [0.15, 0.2) is 0 Å². The summed E-state index contributed by atoms with van der Waals surface area (Å²) in [5.41, 5.74) is 0. The number of nitrogens with zero attached hydrogens (tertiary/aromatic N) is 1. The molecule has 3 nitrogen and oxygen atoms in total. The van der Waals surface area contributed by atoms with Gasteiger partial charge in [0.2, 0.25) is 11.8 Å². The first-order valence-electron chi connectivity index (χ1n) is 4.88. The van der Waals surface area contributed by atoms with Crippen molar-refractivity contribution in [1.29, 1.82) is 0 Å². The lowest BCUT2D eigenvalue weighted by atomic mass is 9.81. The molecule has 0 radical (unpaired) electrons. The number of nitrogens with one attached hydrogen (secondary N) is 1. The standard InChI is InChI=1S/C9H14F2N2O/c1-6-8(14)13(5-12-6)4-7-2-9(10,11)3-7/h6-7,12H,2-5H2,1H3. The van der Waals surface area contributed by atoms with Crippen molar-refractivity contribution in [3.8, 4) is 0 Å². The van der Waals surface area contributed by atoms with Crippen molar-refractivity contribution >= 4 is 5.91 Å². The molecule has 14 heavy (non-hydrogen) atoms. The maximum absolute atomic E-state index is 12.5. The minimum absolute atomic E-state index is 0.0129. The minimum Gasteiger partial charge on any atom is -0.328 e. The Morgan fingerprint density at radius 3 is 2.64 bits per heavy atom. The third-order valence-corrected chi connectivity index (χ3v) is 2.92. The van der Waals surface area contributed by atoms with Gasteiger partial charge in [0.05, 0.1) is 12.7 Å². The molecule has 2 fully saturated rings. The molecule has 1 heterocycles. The first kappa shape index (κ1) is 9.83. The topological polar surface area (TPSA) is 32.3 Å². The Morgan fingerprint density at radius 2 is 2.21 bits per heavy atom. The molecular formula is C9H14F2N2O. The molecule has 1 saturated heterocycles. The molecular weight excluding hydrogens is 190 g/mol. The van der Waals surface area contributed by atoms with Gasteiger partial charge in [-0.3, -0.25) is 10.1 Å². The molecule has 1 aliphatic carbocycles. The molecule has 5 heteroatoms. The Hall–Kier alpha value is -0.710. The molecule has 1 N–H and O–H groups in total. The van der Waals surface area contributed by atoms with Gasteiger partial charge >= 0.3 is 0 Å². The van der Waals surface area contributed by atoms with E-state index in [1.165, 1.54) is 0 Å². The predicted octanol–water partition coefficient (Wildman–Crippen LogP) is 0.810. The predicted molar refractivity (Wildman–Crippen MR) is 46.8 cm³/mol. The van der Waals surface area contributed by atoms with Crippen molar-refractivity contribution < 1.29 is 13.6 Å². The lowest BCUT2D eigenvalue weighted by Crippen LogP contribution is -2.43. The quantitative estimate of drug-likeness (QED) is 0.722. The van der Waals surface area contributed by atoms with E-state index in [2.05, 4.69) is 5.32 Å². The molecule has 2 aliphatic rings. The number of rotatable bonds is 2. The first-order valence-corrected chi connectivity index (χ1v) is 4.88. The van der Waals surface area contributed by atoms with Crippen LogP contribution < -0.4 is 5.32 Å². The zero-order chi connectivity index (χ0) is 10.3. The van der Waals surface area contributed by atoms with Gasteiger partial charge in [0.25, 0.3) is 0 Å². The zero-order valence-corrected chi connectivity index (χ0v) is 8.09. The van der Waals surface area contributed by atoms with Crippen LogP contribution >= 0.6 is 0 Å². The van der Waals surface area contributed by atoms with Gasteiger partial charge in [-0.2, -0.15) is 0 Å². The Labute approximate surface area is 81.4 Å². The maximum atomic E-state index is 12.5. The van der Waals surface area contributed by atoms with Crippen LogP contribution in [0.25, 0.3) is 0 Å². The molecule has 0 bridgehead atoms. The van der Waals surface area contributed by atoms with Crippen molar-refractivity contribution in [3.05, 3.63) is 0 Å². The maximum Gasteiger partial charge on any atom is 0.248 e. The molecule has 0 aromatic carbocycles. The second-order valence-electron chi connectivity index (χ2n) is 4.27. The minimum atomic E-state index is -2.48. The summed E-state index contributed by atoms with van der Waals surface area (Å²) >= 11 is 0. The van der Waals surface area contributed by atoms with Crippen LogP contribution in [0, 0.1) is 5.92 Å². The van der Waals surface area contributed by atoms with Crippen molar-refractivity contribution in [3.63, 3.8) is 0 Å². The Balaban J connectivity index is 1.80. The average molecular weight is 204 g/mol. The highest BCUT2D eigenvalue weighted by Gasteiger charge is 2.46. The van der Waals surface area contributed by atoms with Crippen LogP contribution in [0.15, 0.2) is 0 Å². The molecule has 0 aromatic rings. The van der Waals surface area contributed by atoms with Gasteiger partial charge in [-0.1, -0.05) is 0 Å². The van der Waals surface area contributed by atoms with Gasteiger partial charge < -0.3 is 4.90 Å². The summed E-state index contributed by atoms with van der Waals surface area (Å²) < 4.78 is 25.0. The largest absolute Gasteiger partial charge is 0.328 e. The van der Waals surface area contributed by atoms with E-state index in [4.69, 9.17) is 0 Å². The van der Waals surface area contributed by atoms with Crippen LogP contribution in [0.1, 0.15) is 19.8 Å². The van der Waals surface area contributed by atoms with Gasteiger partial charge in [-0.05, 0) is 12.8 Å². The van der Waals surface area contributed by atoms with E-state index < -0.39 is 5.92 Å². The summed E-state index contributed by atoms with van der Waals surface area (Å²) in [5.74, 6) is -2.46. The SMILES string of the molecule is CC1NCN(CC2CC(F)(F)C2)C1=O. The van der Waals surface area contributed by atoms with Crippen molar-refractivity contribution in [1.82, 2.24) is 10.2 Å². The number of hydrogen-bond acceptors (Lipinski definition) is 2. The van der Waals surface area contributed by atoms with E-state index in [1.807, 2.05) is 0 Å². The molecule has 2 rings (SSSR count). The van der Waals surface area contributed by atoms with Crippen LogP contribution in [0.4, 0.5) is 8.78 Å². The van der Waals surface area contributed by atoms with E-state index in [-0.39, 0.29) is 30.7 Å². The Bertz CT molecular complexity index is 249. The highest BCUT2D eigenvalue weighted by atomic mass is 19.3. The summed E-state index contributed by atoms with van der Waals surface area (Å²) in [6.45, 7) is 2.77. The second-order valence-corrected chi connectivity index (χ2v) is 4.27. The number of carbonyl (C=O) groups excluding carboxylic acids is 1. The molecule has 1 unspecified atom stereocenters. The number of alkyl halides is 2. The molecule has 80 valence electrons. The molecule has 0 aromatic heterocycles. The summed E-state index contributed by atoms with van der Waals surface area (Å²) in [7, 11) is 0. The van der Waals surface area contributed by atoms with Gasteiger partial charge in [-0.25, -0.2) is 8.78 Å². The smallest absolute Gasteiger partial charge is 0.248 e. The van der Waals surface area contributed by atoms with Crippen molar-refractivity contribution in [2.24, 2.45) is 5.92 Å². The summed E-state index contributed by atoms with van der Waals surface area (Å²) in [6.07, 6.45) is -0.129. The fourth-order valence-electron chi connectivity index (χ4n) is 2.07. The van der Waals surface area contributed by atoms with Gasteiger partial charge in [-0.15, -0.1) is 0 Å². The zero-order valence-electron chi connectivity index (χ0n) is 8.09. The van der Waals surface area contributed by atoms with E-state index in [0.29, 0.717) is 13.2 Å². The monoisotopic (exact) mass is 204 g/mol. The number of amides is 1. The Kier molecular flexibility index (Phi) is 2.21. The molecule has 0 spiro atoms. The van der Waals surface area contributed by atoms with Gasteiger partial charge in [0.1, 0.15) is 0 Å². The van der Waals surface area contributed by atoms with Crippen LogP contribution in [0.5, 0.6) is 0 Å². The lowest BCUT2D eigenvalue weighted by Gasteiger charge is -2.36. The van der Waals surface area contributed by atoms with E-state index in [0.717, 1.165) is 0 Å². The fraction of sp³-hybridized carbons (Fsp3) is 0.889. The Morgan fingerprint density at radius 1 is 1.57 bits per heavy atom. The fourth-order valence-corrected chi connectivity index (χ4v) is 2.07. The first-order chi connectivity index (χ1) is 6.48. The molecule has 1 saturated carbocycles. The lowest BCUT2D eigenvalue weighted by molar-refractivity contribution is -0.137. The highest BCUT2D eigenvalue weighted by Crippen LogP contribution is 2.42. The average Bonchev–Trinajstić information content (AvgIpc) is 2.33. The summed E-state index contributed by atoms with van der Waals surface area (Å²) in [6, 6.07) is -0.157. The third kappa shape index (κ3) is 1.73. The van der Waals surface area contributed by atoms with E-state index >= 15 is 0 Å². The van der Waals surface area contributed by atoms with E-state index in [1.54, 1.807) is 11.8 Å². The van der Waals surface area contributed by atoms with Crippen LogP contribution in [0.2, 0.25) is 0 Å². The second kappa shape index (κ2) is 3.15. The van der Waals surface area contributed by atoms with Crippen molar-refractivity contribution in [2.75, 3.05) is 13.2 Å². The van der Waals surface area contributed by atoms with Crippen LogP contribution in [-0.2, 0) is 4.79 Å². The number of carbonyl (C=O) groups is 1. The normalized spacial score (nSPS) is 32.1. The summed E-state index contributed by atoms with van der Waals surface area (Å²) in [5, 5.41) is 2.98. The number of hydrogen-bond donors (Lipinski definition) is 1. The molecule has 1 amide bonds. The summed E-state index contributed by atoms with van der Waals surface area (Å²) in [4.78, 5) is 13.0. The van der Waals surface area contributed by atoms with Crippen LogP contribution in [0.3, 0.4) is 0 Å². The highest BCUT2D eigenvalue weighted by molar-refractivity contribution is 5.83. The van der Waals surface area contributed by atoms with Gasteiger partial charge in [0, 0.05) is 19.4 Å². The molecule has 1 aliphatic heterocycles. The number of halogens is 2. The molecule has 1 atom stereocenters. The van der Waals surface area contributed by atoms with Crippen molar-refractivity contribution in [2.45, 2.75) is 31.7 Å². The third-order valence-electron chi connectivity index (χ3n) is 2.92. The van der Waals surface area contributed by atoms with E-state index in [9.17, 15) is 13.6 Å².